The molecule has 1 aromatic heterocycles. The molecule has 0 aliphatic heterocycles. The molecule has 33 heavy (non-hydrogen) atoms. The maximum absolute atomic E-state index is 12.9. The van der Waals surface area contributed by atoms with Crippen molar-refractivity contribution in [1.29, 1.82) is 0 Å². The normalized spacial score (nSPS) is 12.8. The van der Waals surface area contributed by atoms with Gasteiger partial charge in [0, 0.05) is 24.1 Å². The SMILES string of the molecule is CC[C@@H](C)Nc1cc(NS(=O)(=O)c2ccc(S(C)(=O)=O)cc2)nc(SCc2ccccc2)n1. The highest BCUT2D eigenvalue weighted by molar-refractivity contribution is 7.98. The molecule has 0 saturated heterocycles. The molecular weight excluding hydrogens is 480 g/mol. The molecule has 8 nitrogen and oxygen atoms in total. The Labute approximate surface area is 199 Å². The van der Waals surface area contributed by atoms with Crippen LogP contribution in [0.5, 0.6) is 0 Å². The molecule has 1 atom stereocenters. The number of sulfone groups is 1. The van der Waals surface area contributed by atoms with Crippen molar-refractivity contribution in [3.05, 3.63) is 66.2 Å². The van der Waals surface area contributed by atoms with Crippen molar-refractivity contribution in [1.82, 2.24) is 9.97 Å². The van der Waals surface area contributed by atoms with Gasteiger partial charge in [-0.05, 0) is 43.2 Å². The Kier molecular flexibility index (Phi) is 7.98. The lowest BCUT2D eigenvalue weighted by molar-refractivity contribution is 0.597. The number of hydrogen-bond donors (Lipinski definition) is 2. The molecule has 1 heterocycles. The molecule has 0 spiro atoms. The minimum atomic E-state index is -3.98. The van der Waals surface area contributed by atoms with Crippen LogP contribution in [0.1, 0.15) is 25.8 Å². The van der Waals surface area contributed by atoms with Crippen LogP contribution in [0.4, 0.5) is 11.6 Å². The predicted molar refractivity (Wildman–Crippen MR) is 132 cm³/mol. The van der Waals surface area contributed by atoms with Crippen LogP contribution in [0.3, 0.4) is 0 Å². The van der Waals surface area contributed by atoms with Gasteiger partial charge in [-0.25, -0.2) is 26.8 Å². The maximum atomic E-state index is 12.9. The molecule has 2 aromatic carbocycles. The average molecular weight is 507 g/mol. The molecule has 0 fully saturated rings. The summed E-state index contributed by atoms with van der Waals surface area (Å²) >= 11 is 1.40. The number of anilines is 2. The zero-order valence-electron chi connectivity index (χ0n) is 18.5. The summed E-state index contributed by atoms with van der Waals surface area (Å²) in [6.45, 7) is 4.04. The molecular formula is C22H26N4O4S3. The number of aromatic nitrogens is 2. The molecule has 0 aliphatic carbocycles. The highest BCUT2D eigenvalue weighted by Gasteiger charge is 2.18. The van der Waals surface area contributed by atoms with Gasteiger partial charge >= 0.3 is 0 Å². The number of nitrogens with one attached hydrogen (secondary N) is 2. The summed E-state index contributed by atoms with van der Waals surface area (Å²) in [4.78, 5) is 8.87. The van der Waals surface area contributed by atoms with Crippen molar-refractivity contribution in [2.45, 2.75) is 47.0 Å². The molecule has 3 aromatic rings. The van der Waals surface area contributed by atoms with Crippen molar-refractivity contribution >= 4 is 43.3 Å². The molecule has 11 heteroatoms. The van der Waals surface area contributed by atoms with Gasteiger partial charge in [0.25, 0.3) is 10.0 Å². The summed E-state index contributed by atoms with van der Waals surface area (Å²) in [5.74, 6) is 1.27. The zero-order valence-corrected chi connectivity index (χ0v) is 21.0. The highest BCUT2D eigenvalue weighted by atomic mass is 32.2. The summed E-state index contributed by atoms with van der Waals surface area (Å²) in [7, 11) is -7.41. The number of nitrogens with zero attached hydrogens (tertiary/aromatic N) is 2. The van der Waals surface area contributed by atoms with Crippen LogP contribution in [-0.4, -0.2) is 39.1 Å². The van der Waals surface area contributed by atoms with Crippen molar-refractivity contribution in [2.24, 2.45) is 0 Å². The quantitative estimate of drug-likeness (QED) is 0.310. The van der Waals surface area contributed by atoms with Crippen LogP contribution in [0.2, 0.25) is 0 Å². The summed E-state index contributed by atoms with van der Waals surface area (Å²) in [5, 5.41) is 3.68. The molecule has 0 radical (unpaired) electrons. The second-order valence-corrected chi connectivity index (χ2v) is 12.1. The van der Waals surface area contributed by atoms with E-state index >= 15 is 0 Å². The number of thioether (sulfide) groups is 1. The number of rotatable bonds is 10. The first kappa shape index (κ1) is 25.0. The molecule has 0 aliphatic rings. The van der Waals surface area contributed by atoms with Crippen molar-refractivity contribution in [3.8, 4) is 0 Å². The van der Waals surface area contributed by atoms with Crippen LogP contribution < -0.4 is 10.0 Å². The average Bonchev–Trinajstić information content (AvgIpc) is 2.77. The summed E-state index contributed by atoms with van der Waals surface area (Å²) < 4.78 is 51.6. The zero-order chi connectivity index (χ0) is 24.1. The fraction of sp³-hybridized carbons (Fsp3) is 0.273. The van der Waals surface area contributed by atoms with Gasteiger partial charge in [0.15, 0.2) is 15.0 Å². The van der Waals surface area contributed by atoms with Gasteiger partial charge in [0.1, 0.15) is 11.6 Å². The fourth-order valence-corrected chi connectivity index (χ4v) is 5.19. The Balaban J connectivity index is 1.87. The largest absolute Gasteiger partial charge is 0.367 e. The second kappa shape index (κ2) is 10.5. The Morgan fingerprint density at radius 3 is 2.12 bits per heavy atom. The first-order valence-electron chi connectivity index (χ1n) is 10.2. The minimum absolute atomic E-state index is 0.0446. The third kappa shape index (κ3) is 7.18. The van der Waals surface area contributed by atoms with E-state index < -0.39 is 19.9 Å². The summed E-state index contributed by atoms with van der Waals surface area (Å²) in [5.41, 5.74) is 1.10. The van der Waals surface area contributed by atoms with Gasteiger partial charge in [0.2, 0.25) is 0 Å². The third-order valence-corrected chi connectivity index (χ3v) is 8.14. The van der Waals surface area contributed by atoms with E-state index in [0.29, 0.717) is 16.7 Å². The van der Waals surface area contributed by atoms with E-state index in [4.69, 9.17) is 0 Å². The van der Waals surface area contributed by atoms with Gasteiger partial charge in [0.05, 0.1) is 9.79 Å². The van der Waals surface area contributed by atoms with Gasteiger partial charge in [-0.3, -0.25) is 4.72 Å². The number of benzene rings is 2. The smallest absolute Gasteiger partial charge is 0.263 e. The molecule has 3 rings (SSSR count). The van der Waals surface area contributed by atoms with Crippen LogP contribution in [-0.2, 0) is 25.6 Å². The molecule has 2 N–H and O–H groups in total. The Bertz CT molecular complexity index is 1300. The lowest BCUT2D eigenvalue weighted by Crippen LogP contribution is -2.17. The molecule has 0 saturated carbocycles. The van der Waals surface area contributed by atoms with Gasteiger partial charge in [-0.2, -0.15) is 0 Å². The van der Waals surface area contributed by atoms with Crippen molar-refractivity contribution < 1.29 is 16.8 Å². The minimum Gasteiger partial charge on any atom is -0.367 e. The van der Waals surface area contributed by atoms with Crippen LogP contribution >= 0.6 is 11.8 Å². The fourth-order valence-electron chi connectivity index (χ4n) is 2.76. The van der Waals surface area contributed by atoms with E-state index in [9.17, 15) is 16.8 Å². The first-order chi connectivity index (χ1) is 15.6. The summed E-state index contributed by atoms with van der Waals surface area (Å²) in [6.07, 6.45) is 1.93. The molecule has 176 valence electrons. The third-order valence-electron chi connectivity index (χ3n) is 4.72. The number of sulfonamides is 1. The molecule has 0 unspecified atom stereocenters. The monoisotopic (exact) mass is 506 g/mol. The molecule has 0 amide bonds. The Hall–Kier alpha value is -2.63. The van der Waals surface area contributed by atoms with E-state index in [1.54, 1.807) is 6.07 Å². The van der Waals surface area contributed by atoms with Crippen LogP contribution in [0.15, 0.2) is 75.6 Å². The van der Waals surface area contributed by atoms with Crippen molar-refractivity contribution in [3.63, 3.8) is 0 Å². The van der Waals surface area contributed by atoms with E-state index in [1.807, 2.05) is 44.2 Å². The highest BCUT2D eigenvalue weighted by Crippen LogP contribution is 2.25. The van der Waals surface area contributed by atoms with Gasteiger partial charge < -0.3 is 5.32 Å². The lowest BCUT2D eigenvalue weighted by Gasteiger charge is -2.15. The van der Waals surface area contributed by atoms with E-state index in [2.05, 4.69) is 20.0 Å². The summed E-state index contributed by atoms with van der Waals surface area (Å²) in [6, 6.07) is 16.6. The Morgan fingerprint density at radius 2 is 1.52 bits per heavy atom. The van der Waals surface area contributed by atoms with Crippen LogP contribution in [0, 0.1) is 0 Å². The molecule has 0 bridgehead atoms. The standard InChI is InChI=1S/C22H26N4O4S3/c1-4-16(2)23-20-14-21(25-22(24-20)31-15-17-8-6-5-7-9-17)26-33(29,30)19-12-10-18(11-13-19)32(3,27)28/h5-14,16H,4,15H2,1-3H3,(H2,23,24,25,26)/t16-/m1/s1. The topological polar surface area (TPSA) is 118 Å². The van der Waals surface area contributed by atoms with E-state index in [-0.39, 0.29) is 21.7 Å². The number of hydrogen-bond acceptors (Lipinski definition) is 8. The maximum Gasteiger partial charge on any atom is 0.263 e. The first-order valence-corrected chi connectivity index (χ1v) is 14.6. The predicted octanol–water partition coefficient (Wildman–Crippen LogP) is 4.18. The van der Waals surface area contributed by atoms with Gasteiger partial charge in [-0.1, -0.05) is 49.0 Å². The Morgan fingerprint density at radius 1 is 0.909 bits per heavy atom. The van der Waals surface area contributed by atoms with Gasteiger partial charge in [-0.15, -0.1) is 0 Å². The second-order valence-electron chi connectivity index (χ2n) is 7.50. The lowest BCUT2D eigenvalue weighted by atomic mass is 10.2. The van der Waals surface area contributed by atoms with E-state index in [1.165, 1.54) is 36.0 Å². The van der Waals surface area contributed by atoms with E-state index in [0.717, 1.165) is 18.2 Å². The van der Waals surface area contributed by atoms with Crippen LogP contribution in [0.25, 0.3) is 0 Å². The van der Waals surface area contributed by atoms with Crippen molar-refractivity contribution in [2.75, 3.05) is 16.3 Å².